The van der Waals surface area contributed by atoms with E-state index in [9.17, 15) is 18.3 Å². The van der Waals surface area contributed by atoms with Crippen LogP contribution in [0.2, 0.25) is 0 Å². The Morgan fingerprint density at radius 1 is 1.17 bits per heavy atom. The molecular weight excluding hydrogens is 498 g/mol. The zero-order valence-electron chi connectivity index (χ0n) is 16.2. The highest BCUT2D eigenvalue weighted by Crippen LogP contribution is 2.16. The monoisotopic (exact) mass is 523 g/mol. The van der Waals surface area contributed by atoms with Crippen LogP contribution in [0.3, 0.4) is 0 Å². The smallest absolute Gasteiger partial charge is 0.387 e. The molecule has 0 aliphatic carbocycles. The van der Waals surface area contributed by atoms with Gasteiger partial charge in [-0.05, 0) is 42.3 Å². The molecule has 0 radical (unpaired) electrons. The molecule has 0 saturated heterocycles. The highest BCUT2D eigenvalue weighted by molar-refractivity contribution is 14.0. The van der Waals surface area contributed by atoms with E-state index in [0.717, 1.165) is 11.1 Å². The summed E-state index contributed by atoms with van der Waals surface area (Å²) in [7, 11) is 1.86. The number of ether oxygens (including phenoxy) is 1. The number of hydrogen-bond donors (Lipinski definition) is 2. The number of nitrogens with one attached hydrogen (secondary N) is 1. The van der Waals surface area contributed by atoms with Crippen LogP contribution in [0.5, 0.6) is 5.75 Å². The lowest BCUT2D eigenvalue weighted by Gasteiger charge is -2.22. The number of nitrogens with zero attached hydrogens (tertiary/aromatic N) is 2. The van der Waals surface area contributed by atoms with Gasteiger partial charge in [-0.15, -0.1) is 24.0 Å². The summed E-state index contributed by atoms with van der Waals surface area (Å²) in [5, 5.41) is 12.4. The summed E-state index contributed by atoms with van der Waals surface area (Å²) in [4.78, 5) is 6.44. The molecule has 9 heteroatoms. The first-order valence-corrected chi connectivity index (χ1v) is 8.84. The van der Waals surface area contributed by atoms with Crippen molar-refractivity contribution in [2.24, 2.45) is 4.99 Å². The minimum absolute atomic E-state index is 0. The first kappa shape index (κ1) is 25.0. The van der Waals surface area contributed by atoms with Gasteiger partial charge < -0.3 is 20.1 Å². The zero-order chi connectivity index (χ0) is 20.5. The van der Waals surface area contributed by atoms with E-state index >= 15 is 0 Å². The van der Waals surface area contributed by atoms with Gasteiger partial charge in [0.25, 0.3) is 0 Å². The molecule has 2 aromatic carbocycles. The van der Waals surface area contributed by atoms with Crippen LogP contribution < -0.4 is 10.1 Å². The number of hydrogen-bond acceptors (Lipinski definition) is 3. The van der Waals surface area contributed by atoms with Crippen LogP contribution in [-0.2, 0) is 19.7 Å². The molecule has 0 amide bonds. The quantitative estimate of drug-likeness (QED) is 0.311. The molecule has 0 fully saturated rings. The zero-order valence-corrected chi connectivity index (χ0v) is 18.6. The van der Waals surface area contributed by atoms with Gasteiger partial charge in [0.1, 0.15) is 11.6 Å². The summed E-state index contributed by atoms with van der Waals surface area (Å²) in [5.41, 5.74) is 1.92. The third-order valence-corrected chi connectivity index (χ3v) is 3.96. The van der Waals surface area contributed by atoms with Crippen molar-refractivity contribution >= 4 is 29.9 Å². The Hall–Kier alpha value is -2.01. The van der Waals surface area contributed by atoms with Gasteiger partial charge >= 0.3 is 6.61 Å². The molecule has 0 bridgehead atoms. The van der Waals surface area contributed by atoms with Gasteiger partial charge in [-0.3, -0.25) is 0 Å². The molecule has 0 aliphatic heterocycles. The summed E-state index contributed by atoms with van der Waals surface area (Å²) in [6, 6.07) is 10.9. The predicted octanol–water partition coefficient (Wildman–Crippen LogP) is 4.13. The average molecular weight is 523 g/mol. The molecular formula is C20H25F3IN3O2. The number of aliphatic hydroxyl groups is 1. The lowest BCUT2D eigenvalue weighted by atomic mass is 10.1. The van der Waals surface area contributed by atoms with Gasteiger partial charge in [0.2, 0.25) is 0 Å². The first-order valence-electron chi connectivity index (χ1n) is 8.84. The van der Waals surface area contributed by atoms with Crippen molar-refractivity contribution in [1.29, 1.82) is 0 Å². The normalized spacial score (nSPS) is 11.2. The molecule has 0 aliphatic rings. The van der Waals surface area contributed by atoms with Crippen LogP contribution in [0, 0.1) is 5.82 Å². The Morgan fingerprint density at radius 2 is 1.83 bits per heavy atom. The van der Waals surface area contributed by atoms with Gasteiger partial charge in [-0.25, -0.2) is 9.38 Å². The Kier molecular flexibility index (Phi) is 10.8. The Labute approximate surface area is 185 Å². The van der Waals surface area contributed by atoms with E-state index in [1.54, 1.807) is 24.3 Å². The van der Waals surface area contributed by atoms with Crippen molar-refractivity contribution in [3.8, 4) is 5.75 Å². The topological polar surface area (TPSA) is 57.1 Å². The summed E-state index contributed by atoms with van der Waals surface area (Å²) in [6.45, 7) is 0.220. The number of guanidine groups is 1. The van der Waals surface area contributed by atoms with Crippen molar-refractivity contribution in [2.75, 3.05) is 13.6 Å². The number of benzene rings is 2. The van der Waals surface area contributed by atoms with E-state index in [2.05, 4.69) is 15.0 Å². The van der Waals surface area contributed by atoms with Crippen LogP contribution in [0.1, 0.15) is 23.6 Å². The molecule has 0 aromatic heterocycles. The number of aliphatic imine (C=N–C) groups is 1. The highest BCUT2D eigenvalue weighted by Gasteiger charge is 2.09. The van der Waals surface area contributed by atoms with Crippen LogP contribution in [0.25, 0.3) is 0 Å². The molecule has 0 heterocycles. The molecule has 0 saturated carbocycles. The standard InChI is InChI=1S/C20H24F3N3O2.HI/c1-3-24-20(25-11-15-6-9-18(21)16(10-15)13-27)26(2)12-14-4-7-17(8-5-14)28-19(22)23;/h4-10,19,27H,3,11-13H2,1-2H3,(H,24,25);1H. The molecule has 2 rings (SSSR count). The Morgan fingerprint density at radius 3 is 2.41 bits per heavy atom. The number of halogens is 4. The summed E-state index contributed by atoms with van der Waals surface area (Å²) in [5.74, 6) is 0.307. The predicted molar refractivity (Wildman–Crippen MR) is 117 cm³/mol. The number of alkyl halides is 2. The molecule has 29 heavy (non-hydrogen) atoms. The van der Waals surface area contributed by atoms with E-state index in [-0.39, 0.29) is 41.9 Å². The number of aliphatic hydroxyl groups excluding tert-OH is 1. The second-order valence-electron chi connectivity index (χ2n) is 6.13. The van der Waals surface area contributed by atoms with E-state index < -0.39 is 12.4 Å². The highest BCUT2D eigenvalue weighted by atomic mass is 127. The number of rotatable bonds is 8. The van der Waals surface area contributed by atoms with E-state index in [1.165, 1.54) is 18.2 Å². The molecule has 0 atom stereocenters. The second kappa shape index (κ2) is 12.5. The molecule has 2 N–H and O–H groups in total. The summed E-state index contributed by atoms with van der Waals surface area (Å²) < 4.78 is 42.3. The van der Waals surface area contributed by atoms with Gasteiger partial charge in [-0.1, -0.05) is 18.2 Å². The van der Waals surface area contributed by atoms with Crippen molar-refractivity contribution in [3.05, 3.63) is 65.0 Å². The minimum Gasteiger partial charge on any atom is -0.435 e. The van der Waals surface area contributed by atoms with Crippen LogP contribution in [0.15, 0.2) is 47.5 Å². The molecule has 0 spiro atoms. The fourth-order valence-corrected chi connectivity index (χ4v) is 2.61. The molecule has 5 nitrogen and oxygen atoms in total. The van der Waals surface area contributed by atoms with Crippen molar-refractivity contribution < 1.29 is 23.0 Å². The fraction of sp³-hybridized carbons (Fsp3) is 0.350. The third kappa shape index (κ3) is 8.09. The fourth-order valence-electron chi connectivity index (χ4n) is 2.61. The van der Waals surface area contributed by atoms with Crippen molar-refractivity contribution in [1.82, 2.24) is 10.2 Å². The SMILES string of the molecule is CCNC(=NCc1ccc(F)c(CO)c1)N(C)Cc1ccc(OC(F)F)cc1.I. The van der Waals surface area contributed by atoms with Gasteiger partial charge in [-0.2, -0.15) is 8.78 Å². The van der Waals surface area contributed by atoms with Crippen molar-refractivity contribution in [2.45, 2.75) is 33.2 Å². The molecule has 160 valence electrons. The van der Waals surface area contributed by atoms with E-state index in [1.807, 2.05) is 18.9 Å². The lowest BCUT2D eigenvalue weighted by molar-refractivity contribution is -0.0498. The van der Waals surface area contributed by atoms with Crippen molar-refractivity contribution in [3.63, 3.8) is 0 Å². The maximum atomic E-state index is 13.5. The van der Waals surface area contributed by atoms with Gasteiger partial charge in [0.05, 0.1) is 13.2 Å². The van der Waals surface area contributed by atoms with Crippen LogP contribution in [-0.4, -0.2) is 36.2 Å². The maximum Gasteiger partial charge on any atom is 0.387 e. The van der Waals surface area contributed by atoms with E-state index in [0.29, 0.717) is 25.6 Å². The average Bonchev–Trinajstić information content (AvgIpc) is 2.67. The largest absolute Gasteiger partial charge is 0.435 e. The second-order valence-corrected chi connectivity index (χ2v) is 6.13. The van der Waals surface area contributed by atoms with Gasteiger partial charge in [0.15, 0.2) is 5.96 Å². The maximum absolute atomic E-state index is 13.5. The first-order chi connectivity index (χ1) is 13.4. The summed E-state index contributed by atoms with van der Waals surface area (Å²) in [6.07, 6.45) is 0. The minimum atomic E-state index is -2.85. The van der Waals surface area contributed by atoms with E-state index in [4.69, 9.17) is 0 Å². The Balaban J connectivity index is 0.00000420. The molecule has 2 aromatic rings. The summed E-state index contributed by atoms with van der Waals surface area (Å²) >= 11 is 0. The van der Waals surface area contributed by atoms with Crippen LogP contribution in [0.4, 0.5) is 13.2 Å². The molecule has 0 unspecified atom stereocenters. The lowest BCUT2D eigenvalue weighted by Crippen LogP contribution is -2.38. The van der Waals surface area contributed by atoms with Crippen LogP contribution >= 0.6 is 24.0 Å². The Bertz CT molecular complexity index is 789. The third-order valence-electron chi connectivity index (χ3n) is 3.96. The van der Waals surface area contributed by atoms with Gasteiger partial charge in [0, 0.05) is 25.7 Å².